The molecule has 0 aromatic heterocycles. The predicted molar refractivity (Wildman–Crippen MR) is 63.6 cm³/mol. The molecule has 0 aliphatic rings. The number of aliphatic hydroxyl groups excluding tert-OH is 2. The normalized spacial score (nSPS) is 16.6. The molecular weight excluding hydrogens is 204 g/mol. The fourth-order valence-corrected chi connectivity index (χ4v) is 1.40. The van der Waals surface area contributed by atoms with E-state index in [-0.39, 0.29) is 6.10 Å². The molecule has 0 saturated carbocycles. The summed E-state index contributed by atoms with van der Waals surface area (Å²) in [5.74, 6) is 0.633. The number of rotatable bonds is 4. The van der Waals surface area contributed by atoms with Crippen molar-refractivity contribution in [2.45, 2.75) is 46.0 Å². The largest absolute Gasteiger partial charge is 0.488 e. The smallest absolute Gasteiger partial charge is 0.125 e. The second-order valence-corrected chi connectivity index (χ2v) is 4.28. The van der Waals surface area contributed by atoms with Crippen LogP contribution in [-0.4, -0.2) is 22.4 Å². The first-order valence-corrected chi connectivity index (χ1v) is 5.55. The zero-order valence-corrected chi connectivity index (χ0v) is 10.3. The minimum Gasteiger partial charge on any atom is -0.488 e. The van der Waals surface area contributed by atoms with Crippen molar-refractivity contribution in [3.63, 3.8) is 0 Å². The Balaban J connectivity index is 2.95. The highest BCUT2D eigenvalue weighted by molar-refractivity contribution is 5.38. The van der Waals surface area contributed by atoms with Gasteiger partial charge >= 0.3 is 0 Å². The van der Waals surface area contributed by atoms with Crippen LogP contribution in [0.15, 0.2) is 18.2 Å². The van der Waals surface area contributed by atoms with E-state index >= 15 is 0 Å². The van der Waals surface area contributed by atoms with Crippen LogP contribution >= 0.6 is 0 Å². The van der Waals surface area contributed by atoms with E-state index in [0.29, 0.717) is 5.75 Å². The molecule has 3 atom stereocenters. The molecule has 0 aliphatic heterocycles. The van der Waals surface area contributed by atoms with Crippen molar-refractivity contribution in [1.82, 2.24) is 0 Å². The Hall–Kier alpha value is -1.06. The van der Waals surface area contributed by atoms with Gasteiger partial charge in [0.05, 0.1) is 12.2 Å². The van der Waals surface area contributed by atoms with Crippen LogP contribution in [0.1, 0.15) is 38.0 Å². The van der Waals surface area contributed by atoms with Crippen molar-refractivity contribution in [3.05, 3.63) is 29.3 Å². The van der Waals surface area contributed by atoms with E-state index in [2.05, 4.69) is 0 Å². The Morgan fingerprint density at radius 3 is 2.25 bits per heavy atom. The minimum absolute atomic E-state index is 0.291. The van der Waals surface area contributed by atoms with E-state index in [1.54, 1.807) is 20.8 Å². The maximum atomic E-state index is 9.64. The van der Waals surface area contributed by atoms with Gasteiger partial charge in [-0.1, -0.05) is 11.6 Å². The maximum absolute atomic E-state index is 9.64. The molecule has 0 spiro atoms. The zero-order chi connectivity index (χ0) is 12.3. The van der Waals surface area contributed by atoms with Crippen LogP contribution in [0.25, 0.3) is 0 Å². The van der Waals surface area contributed by atoms with Crippen molar-refractivity contribution >= 4 is 0 Å². The van der Waals surface area contributed by atoms with Gasteiger partial charge in [-0.3, -0.25) is 0 Å². The molecule has 1 aromatic rings. The minimum atomic E-state index is -0.573. The summed E-state index contributed by atoms with van der Waals surface area (Å²) in [5, 5.41) is 19.0. The summed E-state index contributed by atoms with van der Waals surface area (Å²) in [5.41, 5.74) is 1.83. The molecule has 90 valence electrons. The lowest BCUT2D eigenvalue weighted by Gasteiger charge is -2.20. The summed E-state index contributed by atoms with van der Waals surface area (Å²) in [6.07, 6.45) is -1.40. The summed E-state index contributed by atoms with van der Waals surface area (Å²) in [6, 6.07) is 5.65. The second-order valence-electron chi connectivity index (χ2n) is 4.28. The third-order valence-corrected chi connectivity index (χ3v) is 2.61. The topological polar surface area (TPSA) is 49.7 Å². The van der Waals surface area contributed by atoms with E-state index < -0.39 is 12.2 Å². The second kappa shape index (κ2) is 5.32. The van der Waals surface area contributed by atoms with E-state index in [1.165, 1.54) is 0 Å². The lowest BCUT2D eigenvalue weighted by atomic mass is 10.1. The van der Waals surface area contributed by atoms with Crippen LogP contribution in [-0.2, 0) is 0 Å². The van der Waals surface area contributed by atoms with Gasteiger partial charge in [-0.05, 0) is 39.8 Å². The van der Waals surface area contributed by atoms with Crippen molar-refractivity contribution in [3.8, 4) is 5.75 Å². The number of aliphatic hydroxyl groups is 2. The van der Waals surface area contributed by atoms with Crippen molar-refractivity contribution in [2.24, 2.45) is 0 Å². The van der Waals surface area contributed by atoms with Crippen molar-refractivity contribution in [1.29, 1.82) is 0 Å². The Morgan fingerprint density at radius 1 is 1.12 bits per heavy atom. The molecular formula is C13H20O3. The molecule has 1 aromatic carbocycles. The Kier molecular flexibility index (Phi) is 4.33. The van der Waals surface area contributed by atoms with Gasteiger partial charge in [0.2, 0.25) is 0 Å². The summed E-state index contributed by atoms with van der Waals surface area (Å²) in [7, 11) is 0. The van der Waals surface area contributed by atoms with Gasteiger partial charge in [-0.25, -0.2) is 0 Å². The first kappa shape index (κ1) is 13.0. The van der Waals surface area contributed by atoms with Crippen molar-refractivity contribution in [2.75, 3.05) is 0 Å². The van der Waals surface area contributed by atoms with Gasteiger partial charge in [0.15, 0.2) is 0 Å². The predicted octanol–water partition coefficient (Wildman–Crippen LogP) is 2.20. The van der Waals surface area contributed by atoms with Gasteiger partial charge < -0.3 is 14.9 Å². The third kappa shape index (κ3) is 3.22. The number of hydrogen-bond acceptors (Lipinski definition) is 3. The lowest BCUT2D eigenvalue weighted by Crippen LogP contribution is -2.26. The van der Waals surface area contributed by atoms with Gasteiger partial charge in [-0.2, -0.15) is 0 Å². The summed E-state index contributed by atoms with van der Waals surface area (Å²) in [6.45, 7) is 7.15. The van der Waals surface area contributed by atoms with Crippen LogP contribution < -0.4 is 4.74 Å². The molecule has 0 aliphatic carbocycles. The zero-order valence-electron chi connectivity index (χ0n) is 10.3. The van der Waals surface area contributed by atoms with E-state index in [9.17, 15) is 10.2 Å². The average Bonchev–Trinajstić information content (AvgIpc) is 2.20. The number of hydrogen-bond donors (Lipinski definition) is 2. The summed E-state index contributed by atoms with van der Waals surface area (Å²) < 4.78 is 5.61. The van der Waals surface area contributed by atoms with Gasteiger partial charge in [-0.15, -0.1) is 0 Å². The molecule has 16 heavy (non-hydrogen) atoms. The molecule has 3 heteroatoms. The maximum Gasteiger partial charge on any atom is 0.125 e. The Bertz CT molecular complexity index is 345. The van der Waals surface area contributed by atoms with Crippen LogP contribution in [0.4, 0.5) is 0 Å². The first-order valence-electron chi connectivity index (χ1n) is 5.55. The van der Waals surface area contributed by atoms with Gasteiger partial charge in [0, 0.05) is 5.56 Å². The van der Waals surface area contributed by atoms with E-state index in [1.807, 2.05) is 25.1 Å². The van der Waals surface area contributed by atoms with Crippen molar-refractivity contribution < 1.29 is 14.9 Å². The first-order chi connectivity index (χ1) is 7.41. The molecule has 0 amide bonds. The molecule has 0 saturated heterocycles. The lowest BCUT2D eigenvalue weighted by molar-refractivity contribution is 0.0577. The molecule has 2 N–H and O–H groups in total. The molecule has 0 fully saturated rings. The number of ether oxygens (including phenoxy) is 1. The monoisotopic (exact) mass is 224 g/mol. The number of benzene rings is 1. The van der Waals surface area contributed by atoms with Crippen LogP contribution in [0.5, 0.6) is 5.75 Å². The van der Waals surface area contributed by atoms with Gasteiger partial charge in [0.1, 0.15) is 11.9 Å². The van der Waals surface area contributed by atoms with E-state index in [0.717, 1.165) is 11.1 Å². The molecule has 0 heterocycles. The van der Waals surface area contributed by atoms with Gasteiger partial charge in [0.25, 0.3) is 0 Å². The SMILES string of the molecule is Cc1ccc(OC(C)C(C)O)c([C@@H](C)O)c1. The fraction of sp³-hybridized carbons (Fsp3) is 0.538. The molecule has 1 rings (SSSR count). The number of aryl methyl sites for hydroxylation is 1. The third-order valence-electron chi connectivity index (χ3n) is 2.61. The highest BCUT2D eigenvalue weighted by Gasteiger charge is 2.15. The fourth-order valence-electron chi connectivity index (χ4n) is 1.40. The molecule has 0 radical (unpaired) electrons. The van der Waals surface area contributed by atoms with E-state index in [4.69, 9.17) is 4.74 Å². The molecule has 0 bridgehead atoms. The Morgan fingerprint density at radius 2 is 1.75 bits per heavy atom. The average molecular weight is 224 g/mol. The quantitative estimate of drug-likeness (QED) is 0.824. The highest BCUT2D eigenvalue weighted by atomic mass is 16.5. The molecule has 2 unspecified atom stereocenters. The summed E-state index contributed by atoms with van der Waals surface area (Å²) >= 11 is 0. The van der Waals surface area contributed by atoms with Crippen LogP contribution in [0, 0.1) is 6.92 Å². The standard InChI is InChI=1S/C13H20O3/c1-8-5-6-13(12(7-8)10(3)15)16-11(4)9(2)14/h5-7,9-11,14-15H,1-4H3/t9?,10-,11?/m1/s1. The molecule has 3 nitrogen and oxygen atoms in total. The summed E-state index contributed by atoms with van der Waals surface area (Å²) in [4.78, 5) is 0. The van der Waals surface area contributed by atoms with Crippen LogP contribution in [0.3, 0.4) is 0 Å². The van der Waals surface area contributed by atoms with Crippen LogP contribution in [0.2, 0.25) is 0 Å². The highest BCUT2D eigenvalue weighted by Crippen LogP contribution is 2.27. The Labute approximate surface area is 96.7 Å².